The minimum Gasteiger partial charge on any atom is -0.482 e. The van der Waals surface area contributed by atoms with Gasteiger partial charge in [0.1, 0.15) is 11.8 Å². The second-order valence-corrected chi connectivity index (χ2v) is 8.49. The molecule has 0 spiro atoms. The zero-order valence-electron chi connectivity index (χ0n) is 17.8. The van der Waals surface area contributed by atoms with Crippen LogP contribution in [0.5, 0.6) is 5.75 Å². The number of aromatic nitrogens is 2. The number of hydrogen-bond donors (Lipinski definition) is 1. The van der Waals surface area contributed by atoms with E-state index in [1.807, 2.05) is 45.0 Å². The Labute approximate surface area is 176 Å². The van der Waals surface area contributed by atoms with E-state index in [2.05, 4.69) is 10.4 Å². The molecule has 30 heavy (non-hydrogen) atoms. The van der Waals surface area contributed by atoms with Crippen molar-refractivity contribution in [1.82, 2.24) is 20.0 Å². The molecule has 2 amide bonds. The van der Waals surface area contributed by atoms with Crippen molar-refractivity contribution in [2.45, 2.75) is 38.8 Å². The molecule has 1 saturated heterocycles. The molecule has 8 heteroatoms. The van der Waals surface area contributed by atoms with Gasteiger partial charge in [0.15, 0.2) is 6.61 Å². The van der Waals surface area contributed by atoms with Crippen molar-refractivity contribution in [2.75, 3.05) is 13.2 Å². The number of carbonyl (C=O) groups excluding carboxylic acids is 2. The molecular formula is C22H27N5O3. The fourth-order valence-electron chi connectivity index (χ4n) is 3.91. The molecule has 1 N–H and O–H groups in total. The number of carbonyl (C=O) groups is 2. The third-order valence-electron chi connectivity index (χ3n) is 5.15. The van der Waals surface area contributed by atoms with Gasteiger partial charge in [-0.15, -0.1) is 0 Å². The quantitative estimate of drug-likeness (QED) is 0.788. The molecule has 0 unspecified atom stereocenters. The van der Waals surface area contributed by atoms with Gasteiger partial charge in [-0.3, -0.25) is 14.3 Å². The van der Waals surface area contributed by atoms with Gasteiger partial charge in [-0.2, -0.15) is 10.4 Å². The molecule has 0 radical (unpaired) electrons. The highest BCUT2D eigenvalue weighted by molar-refractivity contribution is 5.81. The van der Waals surface area contributed by atoms with Crippen LogP contribution in [0.15, 0.2) is 36.7 Å². The van der Waals surface area contributed by atoms with Crippen molar-refractivity contribution < 1.29 is 14.3 Å². The summed E-state index contributed by atoms with van der Waals surface area (Å²) >= 11 is 0. The third kappa shape index (κ3) is 4.62. The first-order valence-electron chi connectivity index (χ1n) is 9.90. The van der Waals surface area contributed by atoms with Crippen LogP contribution in [0.25, 0.3) is 0 Å². The normalized spacial score (nSPS) is 18.9. The average molecular weight is 409 g/mol. The van der Waals surface area contributed by atoms with E-state index < -0.39 is 0 Å². The van der Waals surface area contributed by atoms with Crippen LogP contribution in [0.2, 0.25) is 0 Å². The maximum absolute atomic E-state index is 12.8. The number of rotatable bonds is 6. The second kappa shape index (κ2) is 8.57. The van der Waals surface area contributed by atoms with E-state index in [0.29, 0.717) is 24.3 Å². The molecule has 1 fully saturated rings. The van der Waals surface area contributed by atoms with E-state index >= 15 is 0 Å². The number of ether oxygens (including phenoxy) is 1. The van der Waals surface area contributed by atoms with Gasteiger partial charge in [-0.1, -0.05) is 12.1 Å². The van der Waals surface area contributed by atoms with E-state index in [1.165, 1.54) is 0 Å². The van der Waals surface area contributed by atoms with Crippen molar-refractivity contribution >= 4 is 11.8 Å². The highest BCUT2D eigenvalue weighted by atomic mass is 16.5. The smallest absolute Gasteiger partial charge is 0.257 e. The number of aryl methyl sites for hydroxylation is 1. The Morgan fingerprint density at radius 1 is 1.37 bits per heavy atom. The van der Waals surface area contributed by atoms with Gasteiger partial charge in [0.2, 0.25) is 5.91 Å². The summed E-state index contributed by atoms with van der Waals surface area (Å²) in [6, 6.07) is 8.65. The Hall–Kier alpha value is -3.34. The lowest BCUT2D eigenvalue weighted by molar-refractivity contribution is -0.133. The molecule has 1 aromatic heterocycles. The Morgan fingerprint density at radius 2 is 2.10 bits per heavy atom. The predicted octanol–water partition coefficient (Wildman–Crippen LogP) is 2.18. The van der Waals surface area contributed by atoms with E-state index in [4.69, 9.17) is 10.00 Å². The SMILES string of the molecule is Cn1cc([C@H]2[C@H](CNC(=O)COc3ccccc3C#N)CC(=O)N2C(C)(C)C)cn1. The molecule has 0 bridgehead atoms. The van der Waals surface area contributed by atoms with Crippen LogP contribution in [-0.2, 0) is 16.6 Å². The van der Waals surface area contributed by atoms with Crippen LogP contribution in [0, 0.1) is 17.2 Å². The lowest BCUT2D eigenvalue weighted by Crippen LogP contribution is -2.45. The molecule has 2 aromatic rings. The zero-order chi connectivity index (χ0) is 21.9. The molecule has 3 rings (SSSR count). The molecule has 0 saturated carbocycles. The predicted molar refractivity (Wildman–Crippen MR) is 110 cm³/mol. The summed E-state index contributed by atoms with van der Waals surface area (Å²) in [7, 11) is 1.84. The van der Waals surface area contributed by atoms with Gasteiger partial charge in [-0.25, -0.2) is 0 Å². The Bertz CT molecular complexity index is 970. The Kier molecular flexibility index (Phi) is 6.11. The topological polar surface area (TPSA) is 100 Å². The fraction of sp³-hybridized carbons (Fsp3) is 0.455. The maximum Gasteiger partial charge on any atom is 0.257 e. The van der Waals surface area contributed by atoms with E-state index in [9.17, 15) is 9.59 Å². The molecule has 2 atom stereocenters. The van der Waals surface area contributed by atoms with Crippen molar-refractivity contribution in [3.63, 3.8) is 0 Å². The first-order valence-corrected chi connectivity index (χ1v) is 9.90. The van der Waals surface area contributed by atoms with Gasteiger partial charge in [0.25, 0.3) is 5.91 Å². The molecular weight excluding hydrogens is 382 g/mol. The molecule has 0 aliphatic carbocycles. The van der Waals surface area contributed by atoms with Crippen LogP contribution in [-0.4, -0.2) is 45.2 Å². The number of nitrogens with zero attached hydrogens (tertiary/aromatic N) is 4. The van der Waals surface area contributed by atoms with Crippen LogP contribution in [0.4, 0.5) is 0 Å². The van der Waals surface area contributed by atoms with Crippen LogP contribution in [0.3, 0.4) is 0 Å². The monoisotopic (exact) mass is 409 g/mol. The lowest BCUT2D eigenvalue weighted by atomic mass is 9.93. The lowest BCUT2D eigenvalue weighted by Gasteiger charge is -2.38. The summed E-state index contributed by atoms with van der Waals surface area (Å²) in [5.74, 6) is 0.0683. The van der Waals surface area contributed by atoms with Crippen LogP contribution >= 0.6 is 0 Å². The van der Waals surface area contributed by atoms with Gasteiger partial charge in [0, 0.05) is 43.2 Å². The van der Waals surface area contributed by atoms with E-state index in [0.717, 1.165) is 5.56 Å². The van der Waals surface area contributed by atoms with Crippen molar-refractivity contribution in [2.24, 2.45) is 13.0 Å². The number of likely N-dealkylation sites (tertiary alicyclic amines) is 1. The highest BCUT2D eigenvalue weighted by Gasteiger charge is 2.45. The van der Waals surface area contributed by atoms with Gasteiger partial charge >= 0.3 is 0 Å². The standard InChI is InChI=1S/C22H27N5O3/c1-22(2,3)27-20(29)9-16(21(27)17-12-25-26(4)13-17)11-24-19(28)14-30-18-8-6-5-7-15(18)10-23/h5-8,12-13,16,21H,9,11,14H2,1-4H3,(H,24,28)/t16-,21+/m0/s1. The minimum atomic E-state index is -0.347. The number of para-hydroxylation sites is 1. The van der Waals surface area contributed by atoms with E-state index in [1.54, 1.807) is 35.1 Å². The number of hydrogen-bond acceptors (Lipinski definition) is 5. The molecule has 158 valence electrons. The third-order valence-corrected chi connectivity index (χ3v) is 5.15. The fourth-order valence-corrected chi connectivity index (χ4v) is 3.91. The van der Waals surface area contributed by atoms with Crippen molar-refractivity contribution in [3.05, 3.63) is 47.8 Å². The molecule has 1 aromatic carbocycles. The largest absolute Gasteiger partial charge is 0.482 e. The molecule has 2 heterocycles. The number of amides is 2. The molecule has 1 aliphatic rings. The van der Waals surface area contributed by atoms with Gasteiger partial charge < -0.3 is 15.0 Å². The summed E-state index contributed by atoms with van der Waals surface area (Å²) in [5.41, 5.74) is 0.987. The highest BCUT2D eigenvalue weighted by Crippen LogP contribution is 2.41. The van der Waals surface area contributed by atoms with Gasteiger partial charge in [0.05, 0.1) is 17.8 Å². The Balaban J connectivity index is 1.66. The van der Waals surface area contributed by atoms with E-state index in [-0.39, 0.29) is 35.9 Å². The summed E-state index contributed by atoms with van der Waals surface area (Å²) in [6.07, 6.45) is 4.05. The number of nitrogens with one attached hydrogen (secondary N) is 1. The van der Waals surface area contributed by atoms with Gasteiger partial charge in [-0.05, 0) is 32.9 Å². The van der Waals surface area contributed by atoms with Crippen molar-refractivity contribution in [1.29, 1.82) is 5.26 Å². The maximum atomic E-state index is 12.8. The first kappa shape index (κ1) is 21.4. The number of nitriles is 1. The van der Waals surface area contributed by atoms with Crippen molar-refractivity contribution in [3.8, 4) is 11.8 Å². The van der Waals surface area contributed by atoms with Crippen LogP contribution < -0.4 is 10.1 Å². The summed E-state index contributed by atoms with van der Waals surface area (Å²) in [4.78, 5) is 27.0. The second-order valence-electron chi connectivity index (χ2n) is 8.49. The first-order chi connectivity index (χ1) is 14.2. The summed E-state index contributed by atoms with van der Waals surface area (Å²) < 4.78 is 7.21. The summed E-state index contributed by atoms with van der Waals surface area (Å²) in [5, 5.41) is 16.2. The molecule has 1 aliphatic heterocycles. The number of benzene rings is 1. The zero-order valence-corrected chi connectivity index (χ0v) is 17.8. The molecule has 8 nitrogen and oxygen atoms in total. The summed E-state index contributed by atoms with van der Waals surface area (Å²) in [6.45, 7) is 6.18. The van der Waals surface area contributed by atoms with Crippen LogP contribution in [0.1, 0.15) is 44.4 Å². The Morgan fingerprint density at radius 3 is 2.73 bits per heavy atom. The minimum absolute atomic E-state index is 0.0646. The average Bonchev–Trinajstić information content (AvgIpc) is 3.27.